The number of nitrogens with zero attached hydrogens (tertiary/aromatic N) is 4. The molecule has 5 nitrogen and oxygen atoms in total. The lowest BCUT2D eigenvalue weighted by atomic mass is 10.1. The Morgan fingerprint density at radius 3 is 2.57 bits per heavy atom. The van der Waals surface area contributed by atoms with Gasteiger partial charge in [0.05, 0.1) is 17.1 Å². The quantitative estimate of drug-likeness (QED) is 0.577. The van der Waals surface area contributed by atoms with E-state index >= 15 is 0 Å². The standard InChI is InChI=1S/C18H14N4O/c1-22-12-14(10-21-22)13-2-4-15(5-3-13)23-18-7-9-20-17-6-8-19-11-16(17)18/h2-12H,1H3. The van der Waals surface area contributed by atoms with Crippen LogP contribution >= 0.6 is 0 Å². The van der Waals surface area contributed by atoms with E-state index in [1.807, 2.05) is 55.8 Å². The Morgan fingerprint density at radius 2 is 1.78 bits per heavy atom. The predicted octanol–water partition coefficient (Wildman–Crippen LogP) is 3.82. The van der Waals surface area contributed by atoms with Gasteiger partial charge in [-0.15, -0.1) is 0 Å². The molecule has 1 aromatic carbocycles. The van der Waals surface area contributed by atoms with Crippen molar-refractivity contribution < 1.29 is 4.74 Å². The van der Waals surface area contributed by atoms with Crippen molar-refractivity contribution in [2.24, 2.45) is 7.05 Å². The van der Waals surface area contributed by atoms with Gasteiger partial charge in [-0.3, -0.25) is 14.6 Å². The van der Waals surface area contributed by atoms with Crippen molar-refractivity contribution in [1.82, 2.24) is 19.7 Å². The Labute approximate surface area is 133 Å². The molecule has 0 saturated heterocycles. The normalized spacial score (nSPS) is 10.8. The molecule has 23 heavy (non-hydrogen) atoms. The van der Waals surface area contributed by atoms with Gasteiger partial charge in [-0.05, 0) is 29.8 Å². The molecule has 4 aromatic rings. The van der Waals surface area contributed by atoms with Crippen LogP contribution in [0.3, 0.4) is 0 Å². The number of aryl methyl sites for hydroxylation is 1. The van der Waals surface area contributed by atoms with Crippen LogP contribution in [0, 0.1) is 0 Å². The van der Waals surface area contributed by atoms with Crippen molar-refractivity contribution in [1.29, 1.82) is 0 Å². The number of fused-ring (bicyclic) bond motifs is 1. The van der Waals surface area contributed by atoms with Crippen LogP contribution in [0.2, 0.25) is 0 Å². The van der Waals surface area contributed by atoms with Crippen LogP contribution in [0.4, 0.5) is 0 Å². The summed E-state index contributed by atoms with van der Waals surface area (Å²) < 4.78 is 7.77. The molecule has 3 heterocycles. The number of pyridine rings is 2. The Hall–Kier alpha value is -3.21. The fourth-order valence-electron chi connectivity index (χ4n) is 2.47. The molecule has 5 heteroatoms. The summed E-state index contributed by atoms with van der Waals surface area (Å²) in [6.45, 7) is 0. The molecule has 0 saturated carbocycles. The predicted molar refractivity (Wildman–Crippen MR) is 88.3 cm³/mol. The second kappa shape index (κ2) is 5.53. The second-order valence-corrected chi connectivity index (χ2v) is 5.23. The average Bonchev–Trinajstić information content (AvgIpc) is 3.02. The largest absolute Gasteiger partial charge is 0.457 e. The molecule has 0 aliphatic carbocycles. The Kier molecular flexibility index (Phi) is 3.24. The molecule has 0 spiro atoms. The summed E-state index contributed by atoms with van der Waals surface area (Å²) >= 11 is 0. The Bertz CT molecular complexity index is 955. The maximum absolute atomic E-state index is 5.99. The Morgan fingerprint density at radius 1 is 0.913 bits per heavy atom. The fraction of sp³-hybridized carbons (Fsp3) is 0.0556. The third-order valence-electron chi connectivity index (χ3n) is 3.62. The zero-order valence-corrected chi connectivity index (χ0v) is 12.5. The number of benzene rings is 1. The van der Waals surface area contributed by atoms with E-state index in [4.69, 9.17) is 4.74 Å². The maximum atomic E-state index is 5.99. The molecule has 0 bridgehead atoms. The molecule has 0 radical (unpaired) electrons. The number of hydrogen-bond acceptors (Lipinski definition) is 4. The highest BCUT2D eigenvalue weighted by molar-refractivity contribution is 5.84. The molecular weight excluding hydrogens is 288 g/mol. The van der Waals surface area contributed by atoms with Crippen molar-refractivity contribution in [3.8, 4) is 22.6 Å². The third-order valence-corrected chi connectivity index (χ3v) is 3.62. The van der Waals surface area contributed by atoms with Gasteiger partial charge in [-0.2, -0.15) is 5.10 Å². The topological polar surface area (TPSA) is 52.8 Å². The first kappa shape index (κ1) is 13.5. The monoisotopic (exact) mass is 302 g/mol. The minimum atomic E-state index is 0.747. The van der Waals surface area contributed by atoms with Gasteiger partial charge >= 0.3 is 0 Å². The summed E-state index contributed by atoms with van der Waals surface area (Å²) in [6.07, 6.45) is 9.06. The highest BCUT2D eigenvalue weighted by Gasteiger charge is 2.05. The van der Waals surface area contributed by atoms with Gasteiger partial charge in [0.25, 0.3) is 0 Å². The van der Waals surface area contributed by atoms with E-state index in [1.165, 1.54) is 0 Å². The van der Waals surface area contributed by atoms with E-state index < -0.39 is 0 Å². The fourth-order valence-corrected chi connectivity index (χ4v) is 2.47. The van der Waals surface area contributed by atoms with E-state index in [2.05, 4.69) is 15.1 Å². The molecule has 3 aromatic heterocycles. The van der Waals surface area contributed by atoms with Crippen LogP contribution in [0.25, 0.3) is 22.0 Å². The summed E-state index contributed by atoms with van der Waals surface area (Å²) in [7, 11) is 1.91. The van der Waals surface area contributed by atoms with Crippen LogP contribution in [0.1, 0.15) is 0 Å². The summed E-state index contributed by atoms with van der Waals surface area (Å²) in [4.78, 5) is 8.45. The van der Waals surface area contributed by atoms with E-state index in [0.717, 1.165) is 33.5 Å². The third kappa shape index (κ3) is 2.64. The molecule has 0 aliphatic heterocycles. The average molecular weight is 302 g/mol. The molecule has 4 rings (SSSR count). The molecule has 0 N–H and O–H groups in total. The molecule has 0 aliphatic rings. The minimum Gasteiger partial charge on any atom is -0.457 e. The van der Waals surface area contributed by atoms with E-state index in [1.54, 1.807) is 23.3 Å². The summed E-state index contributed by atoms with van der Waals surface area (Å²) in [5, 5.41) is 5.08. The van der Waals surface area contributed by atoms with Crippen molar-refractivity contribution in [3.63, 3.8) is 0 Å². The zero-order chi connectivity index (χ0) is 15.6. The first-order chi connectivity index (χ1) is 11.3. The van der Waals surface area contributed by atoms with Crippen LogP contribution < -0.4 is 4.74 Å². The number of aromatic nitrogens is 4. The summed E-state index contributed by atoms with van der Waals surface area (Å²) in [5.41, 5.74) is 3.05. The van der Waals surface area contributed by atoms with Crippen molar-refractivity contribution in [3.05, 3.63) is 67.4 Å². The highest BCUT2D eigenvalue weighted by atomic mass is 16.5. The molecular formula is C18H14N4O. The van der Waals surface area contributed by atoms with Gasteiger partial charge in [-0.1, -0.05) is 12.1 Å². The zero-order valence-electron chi connectivity index (χ0n) is 12.5. The summed E-state index contributed by atoms with van der Waals surface area (Å²) in [5.74, 6) is 1.52. The van der Waals surface area contributed by atoms with E-state index in [0.29, 0.717) is 0 Å². The van der Waals surface area contributed by atoms with Gasteiger partial charge in [-0.25, -0.2) is 0 Å². The SMILES string of the molecule is Cn1cc(-c2ccc(Oc3ccnc4ccncc34)cc2)cn1. The maximum Gasteiger partial charge on any atom is 0.139 e. The minimum absolute atomic E-state index is 0.747. The molecule has 112 valence electrons. The Balaban J connectivity index is 1.64. The first-order valence-electron chi connectivity index (χ1n) is 7.25. The van der Waals surface area contributed by atoms with E-state index in [9.17, 15) is 0 Å². The van der Waals surface area contributed by atoms with Gasteiger partial charge in [0, 0.05) is 37.4 Å². The lowest BCUT2D eigenvalue weighted by molar-refractivity contribution is 0.488. The van der Waals surface area contributed by atoms with Crippen LogP contribution in [0.5, 0.6) is 11.5 Å². The van der Waals surface area contributed by atoms with Gasteiger partial charge < -0.3 is 4.74 Å². The van der Waals surface area contributed by atoms with Crippen LogP contribution in [-0.4, -0.2) is 19.7 Å². The van der Waals surface area contributed by atoms with Crippen molar-refractivity contribution >= 4 is 10.9 Å². The molecule has 0 amide bonds. The van der Waals surface area contributed by atoms with Gasteiger partial charge in [0.1, 0.15) is 11.5 Å². The van der Waals surface area contributed by atoms with Crippen LogP contribution in [-0.2, 0) is 7.05 Å². The van der Waals surface area contributed by atoms with Crippen LogP contribution in [0.15, 0.2) is 67.4 Å². The molecule has 0 fully saturated rings. The lowest BCUT2D eigenvalue weighted by Crippen LogP contribution is -1.88. The second-order valence-electron chi connectivity index (χ2n) is 5.23. The molecule has 0 unspecified atom stereocenters. The highest BCUT2D eigenvalue weighted by Crippen LogP contribution is 2.29. The number of hydrogen-bond donors (Lipinski definition) is 0. The number of ether oxygens (including phenoxy) is 1. The van der Waals surface area contributed by atoms with Crippen molar-refractivity contribution in [2.45, 2.75) is 0 Å². The van der Waals surface area contributed by atoms with Crippen molar-refractivity contribution in [2.75, 3.05) is 0 Å². The lowest BCUT2D eigenvalue weighted by Gasteiger charge is -2.08. The number of rotatable bonds is 3. The van der Waals surface area contributed by atoms with Gasteiger partial charge in [0.2, 0.25) is 0 Å². The van der Waals surface area contributed by atoms with Gasteiger partial charge in [0.15, 0.2) is 0 Å². The molecule has 0 atom stereocenters. The smallest absolute Gasteiger partial charge is 0.139 e. The summed E-state index contributed by atoms with van der Waals surface area (Å²) in [6, 6.07) is 11.7. The van der Waals surface area contributed by atoms with E-state index in [-0.39, 0.29) is 0 Å². The first-order valence-corrected chi connectivity index (χ1v) is 7.25.